The molecule has 4 rings (SSSR count). The van der Waals surface area contributed by atoms with Gasteiger partial charge in [0.2, 0.25) is 5.91 Å². The first-order valence-corrected chi connectivity index (χ1v) is 8.37. The molecule has 4 nitrogen and oxygen atoms in total. The minimum Gasteiger partial charge on any atom is -0.486 e. The van der Waals surface area contributed by atoms with Crippen molar-refractivity contribution in [2.75, 3.05) is 18.5 Å². The molecule has 1 aliphatic carbocycles. The molecule has 1 N–H and O–H groups in total. The number of aryl methyl sites for hydroxylation is 2. The Labute approximate surface area is 141 Å². The van der Waals surface area contributed by atoms with Crippen LogP contribution in [0.15, 0.2) is 36.4 Å². The molecule has 1 heterocycles. The van der Waals surface area contributed by atoms with Crippen molar-refractivity contribution in [1.82, 2.24) is 0 Å². The van der Waals surface area contributed by atoms with Gasteiger partial charge in [-0.3, -0.25) is 4.79 Å². The van der Waals surface area contributed by atoms with Gasteiger partial charge in [0.25, 0.3) is 0 Å². The highest BCUT2D eigenvalue weighted by molar-refractivity contribution is 6.01. The van der Waals surface area contributed by atoms with Gasteiger partial charge in [-0.15, -0.1) is 0 Å². The maximum Gasteiger partial charge on any atom is 0.235 e. The number of hydrogen-bond donors (Lipinski definition) is 1. The molecule has 2 aromatic carbocycles. The van der Waals surface area contributed by atoms with Crippen LogP contribution < -0.4 is 14.8 Å². The van der Waals surface area contributed by atoms with Gasteiger partial charge < -0.3 is 14.8 Å². The number of rotatable bonds is 3. The van der Waals surface area contributed by atoms with Crippen LogP contribution >= 0.6 is 0 Å². The second-order valence-electron chi connectivity index (χ2n) is 6.69. The Morgan fingerprint density at radius 3 is 2.42 bits per heavy atom. The number of hydrogen-bond acceptors (Lipinski definition) is 3. The van der Waals surface area contributed by atoms with E-state index >= 15 is 0 Å². The van der Waals surface area contributed by atoms with Crippen molar-refractivity contribution in [2.24, 2.45) is 0 Å². The van der Waals surface area contributed by atoms with E-state index in [4.69, 9.17) is 9.47 Å². The van der Waals surface area contributed by atoms with Crippen LogP contribution in [0.25, 0.3) is 0 Å². The highest BCUT2D eigenvalue weighted by Crippen LogP contribution is 2.50. The quantitative estimate of drug-likeness (QED) is 0.936. The molecule has 0 aromatic heterocycles. The lowest BCUT2D eigenvalue weighted by Gasteiger charge is -2.21. The molecule has 2 aliphatic rings. The molecule has 0 bridgehead atoms. The third kappa shape index (κ3) is 2.52. The molecule has 1 fully saturated rings. The average Bonchev–Trinajstić information content (AvgIpc) is 3.40. The van der Waals surface area contributed by atoms with E-state index < -0.39 is 5.41 Å². The molecule has 24 heavy (non-hydrogen) atoms. The SMILES string of the molecule is Cc1ccc(NC(=O)C2(c3ccc4c(c3)OCCO4)CC2)cc1C. The summed E-state index contributed by atoms with van der Waals surface area (Å²) in [5, 5.41) is 3.08. The van der Waals surface area contributed by atoms with Crippen LogP contribution in [-0.4, -0.2) is 19.1 Å². The lowest BCUT2D eigenvalue weighted by atomic mass is 9.94. The summed E-state index contributed by atoms with van der Waals surface area (Å²) >= 11 is 0. The second-order valence-corrected chi connectivity index (χ2v) is 6.69. The Balaban J connectivity index is 1.58. The van der Waals surface area contributed by atoms with Crippen LogP contribution in [0.2, 0.25) is 0 Å². The third-order valence-corrected chi connectivity index (χ3v) is 5.04. The molecule has 0 atom stereocenters. The number of amides is 1. The van der Waals surface area contributed by atoms with Crippen molar-refractivity contribution in [1.29, 1.82) is 0 Å². The smallest absolute Gasteiger partial charge is 0.235 e. The predicted octanol–water partition coefficient (Wildman–Crippen LogP) is 3.74. The van der Waals surface area contributed by atoms with Crippen molar-refractivity contribution >= 4 is 11.6 Å². The molecule has 1 aliphatic heterocycles. The monoisotopic (exact) mass is 323 g/mol. The summed E-state index contributed by atoms with van der Waals surface area (Å²) in [4.78, 5) is 12.9. The van der Waals surface area contributed by atoms with Crippen molar-refractivity contribution < 1.29 is 14.3 Å². The maximum atomic E-state index is 12.9. The lowest BCUT2D eigenvalue weighted by molar-refractivity contribution is -0.118. The maximum absolute atomic E-state index is 12.9. The first kappa shape index (κ1) is 15.1. The van der Waals surface area contributed by atoms with E-state index in [1.165, 1.54) is 11.1 Å². The molecule has 0 radical (unpaired) electrons. The molecule has 0 spiro atoms. The normalized spacial score (nSPS) is 17.2. The summed E-state index contributed by atoms with van der Waals surface area (Å²) < 4.78 is 11.2. The van der Waals surface area contributed by atoms with Crippen molar-refractivity contribution in [3.8, 4) is 11.5 Å². The molecular formula is C20H21NO3. The molecule has 1 amide bonds. The molecule has 124 valence electrons. The Morgan fingerprint density at radius 1 is 0.958 bits per heavy atom. The van der Waals surface area contributed by atoms with Gasteiger partial charge in [0.15, 0.2) is 11.5 Å². The third-order valence-electron chi connectivity index (χ3n) is 5.04. The number of fused-ring (bicyclic) bond motifs is 1. The number of benzene rings is 2. The Bertz CT molecular complexity index is 809. The zero-order valence-corrected chi connectivity index (χ0v) is 14.0. The van der Waals surface area contributed by atoms with Crippen LogP contribution in [0.4, 0.5) is 5.69 Å². The van der Waals surface area contributed by atoms with Gasteiger partial charge in [0, 0.05) is 5.69 Å². The summed E-state index contributed by atoms with van der Waals surface area (Å²) in [5.74, 6) is 1.56. The standard InChI is InChI=1S/C20H21NO3/c1-13-3-5-16(11-14(13)2)21-19(22)20(7-8-20)15-4-6-17-18(12-15)24-10-9-23-17/h3-6,11-12H,7-10H2,1-2H3,(H,21,22). The number of carbonyl (C=O) groups excluding carboxylic acids is 1. The molecule has 0 unspecified atom stereocenters. The zero-order valence-electron chi connectivity index (χ0n) is 14.0. The Kier molecular flexibility index (Phi) is 3.48. The van der Waals surface area contributed by atoms with Gasteiger partial charge in [0.1, 0.15) is 13.2 Å². The van der Waals surface area contributed by atoms with E-state index in [9.17, 15) is 4.79 Å². The number of nitrogens with one attached hydrogen (secondary N) is 1. The van der Waals surface area contributed by atoms with Crippen LogP contribution in [0.1, 0.15) is 29.5 Å². The Morgan fingerprint density at radius 2 is 1.71 bits per heavy atom. The van der Waals surface area contributed by atoms with Crippen LogP contribution in [0.5, 0.6) is 11.5 Å². The number of anilines is 1. The average molecular weight is 323 g/mol. The summed E-state index contributed by atoms with van der Waals surface area (Å²) in [6.45, 7) is 5.25. The Hall–Kier alpha value is -2.49. The summed E-state index contributed by atoms with van der Waals surface area (Å²) in [6.07, 6.45) is 1.73. The van der Waals surface area contributed by atoms with Crippen LogP contribution in [0, 0.1) is 13.8 Å². The van der Waals surface area contributed by atoms with E-state index in [-0.39, 0.29) is 5.91 Å². The van der Waals surface area contributed by atoms with Crippen LogP contribution in [-0.2, 0) is 10.2 Å². The largest absolute Gasteiger partial charge is 0.486 e. The van der Waals surface area contributed by atoms with Crippen molar-refractivity contribution in [3.63, 3.8) is 0 Å². The van der Waals surface area contributed by atoms with E-state index in [0.717, 1.165) is 35.6 Å². The van der Waals surface area contributed by atoms with Gasteiger partial charge in [0.05, 0.1) is 5.41 Å². The minimum absolute atomic E-state index is 0.0578. The molecule has 1 saturated carbocycles. The fraction of sp³-hybridized carbons (Fsp3) is 0.350. The van der Waals surface area contributed by atoms with Gasteiger partial charge >= 0.3 is 0 Å². The fourth-order valence-electron chi connectivity index (χ4n) is 3.18. The van der Waals surface area contributed by atoms with Gasteiger partial charge in [-0.1, -0.05) is 12.1 Å². The number of ether oxygens (including phenoxy) is 2. The highest BCUT2D eigenvalue weighted by Gasteiger charge is 2.51. The van der Waals surface area contributed by atoms with Gasteiger partial charge in [-0.2, -0.15) is 0 Å². The van der Waals surface area contributed by atoms with Crippen molar-refractivity contribution in [2.45, 2.75) is 32.1 Å². The van der Waals surface area contributed by atoms with Gasteiger partial charge in [-0.25, -0.2) is 0 Å². The summed E-state index contributed by atoms with van der Waals surface area (Å²) in [6, 6.07) is 11.9. The first-order valence-electron chi connectivity index (χ1n) is 8.37. The minimum atomic E-state index is -0.436. The topological polar surface area (TPSA) is 47.6 Å². The van der Waals surface area contributed by atoms with Crippen LogP contribution in [0.3, 0.4) is 0 Å². The highest BCUT2D eigenvalue weighted by atomic mass is 16.6. The van der Waals surface area contributed by atoms with E-state index in [0.29, 0.717) is 13.2 Å². The predicted molar refractivity (Wildman–Crippen MR) is 92.9 cm³/mol. The molecule has 2 aromatic rings. The first-order chi connectivity index (χ1) is 11.6. The summed E-state index contributed by atoms with van der Waals surface area (Å²) in [7, 11) is 0. The van der Waals surface area contributed by atoms with E-state index in [1.54, 1.807) is 0 Å². The molecular weight excluding hydrogens is 302 g/mol. The zero-order chi connectivity index (χ0) is 16.7. The lowest BCUT2D eigenvalue weighted by Crippen LogP contribution is -2.28. The van der Waals surface area contributed by atoms with E-state index in [2.05, 4.69) is 19.2 Å². The second kappa shape index (κ2) is 5.55. The summed E-state index contributed by atoms with van der Waals surface area (Å²) in [5.41, 5.74) is 3.83. The molecule has 0 saturated heterocycles. The van der Waals surface area contributed by atoms with Gasteiger partial charge in [-0.05, 0) is 67.6 Å². The molecule has 4 heteroatoms. The number of carbonyl (C=O) groups is 1. The fourth-order valence-corrected chi connectivity index (χ4v) is 3.18. The van der Waals surface area contributed by atoms with E-state index in [1.807, 2.05) is 36.4 Å². The van der Waals surface area contributed by atoms with Crippen molar-refractivity contribution in [3.05, 3.63) is 53.1 Å².